The van der Waals surface area contributed by atoms with Crippen molar-refractivity contribution in [2.75, 3.05) is 11.9 Å². The molecule has 1 aliphatic rings. The van der Waals surface area contributed by atoms with Gasteiger partial charge in [0.2, 0.25) is 10.0 Å². The molecule has 0 saturated carbocycles. The van der Waals surface area contributed by atoms with Crippen molar-refractivity contribution in [3.63, 3.8) is 0 Å². The van der Waals surface area contributed by atoms with Crippen LogP contribution in [0.15, 0.2) is 57.9 Å². The van der Waals surface area contributed by atoms with E-state index in [1.165, 1.54) is 6.07 Å². The molecule has 0 aliphatic carbocycles. The van der Waals surface area contributed by atoms with Gasteiger partial charge in [-0.05, 0) is 55.7 Å². The van der Waals surface area contributed by atoms with Gasteiger partial charge in [-0.2, -0.15) is 4.31 Å². The molecule has 2 aromatic rings. The normalized spacial score (nSPS) is 18.2. The Morgan fingerprint density at radius 2 is 1.96 bits per heavy atom. The molecule has 0 bridgehead atoms. The van der Waals surface area contributed by atoms with Crippen LogP contribution in [-0.4, -0.2) is 31.2 Å². The Bertz CT molecular complexity index is 930. The van der Waals surface area contributed by atoms with Gasteiger partial charge in [0, 0.05) is 28.3 Å². The molecular weight excluding hydrogens is 428 g/mol. The van der Waals surface area contributed by atoms with Crippen molar-refractivity contribution in [2.24, 2.45) is 0 Å². The zero-order valence-electron chi connectivity index (χ0n) is 15.2. The van der Waals surface area contributed by atoms with Gasteiger partial charge in [0.1, 0.15) is 0 Å². The Labute approximate surface area is 169 Å². The molecule has 144 valence electrons. The lowest BCUT2D eigenvalue weighted by molar-refractivity contribution is 0.102. The second-order valence-corrected chi connectivity index (χ2v) is 9.47. The number of hydrogen-bond acceptors (Lipinski definition) is 3. The summed E-state index contributed by atoms with van der Waals surface area (Å²) in [5, 5.41) is 2.80. The number of sulfonamides is 1. The van der Waals surface area contributed by atoms with Crippen molar-refractivity contribution >= 4 is 37.5 Å². The Balaban J connectivity index is 1.85. The lowest BCUT2D eigenvalue weighted by Gasteiger charge is -2.34. The van der Waals surface area contributed by atoms with Crippen LogP contribution in [0.4, 0.5) is 5.69 Å². The standard InChI is InChI=1S/C20H23BrN2O3S/c1-2-18-10-3-4-12-23(18)27(25,26)19-11-5-7-15(13-19)20(24)22-17-9-6-8-16(21)14-17/h5-9,11,13-14,18H,2-4,10,12H2,1H3,(H,22,24). The number of anilines is 1. The van der Waals surface area contributed by atoms with Gasteiger partial charge >= 0.3 is 0 Å². The summed E-state index contributed by atoms with van der Waals surface area (Å²) < 4.78 is 28.7. The fourth-order valence-electron chi connectivity index (χ4n) is 3.40. The molecule has 2 aromatic carbocycles. The maximum absolute atomic E-state index is 13.1. The molecule has 1 heterocycles. The maximum atomic E-state index is 13.1. The van der Waals surface area contributed by atoms with E-state index < -0.39 is 10.0 Å². The zero-order chi connectivity index (χ0) is 19.4. The van der Waals surface area contributed by atoms with Crippen molar-refractivity contribution in [3.05, 3.63) is 58.6 Å². The minimum Gasteiger partial charge on any atom is -0.322 e. The van der Waals surface area contributed by atoms with Gasteiger partial charge < -0.3 is 5.32 Å². The predicted molar refractivity (Wildman–Crippen MR) is 110 cm³/mol. The van der Waals surface area contributed by atoms with Gasteiger partial charge in [0.05, 0.1) is 4.90 Å². The molecule has 1 saturated heterocycles. The molecule has 27 heavy (non-hydrogen) atoms. The van der Waals surface area contributed by atoms with Gasteiger partial charge in [0.15, 0.2) is 0 Å². The smallest absolute Gasteiger partial charge is 0.255 e. The van der Waals surface area contributed by atoms with Crippen LogP contribution in [0.3, 0.4) is 0 Å². The second-order valence-electron chi connectivity index (χ2n) is 6.67. The molecule has 1 amide bonds. The van der Waals surface area contributed by atoms with E-state index in [2.05, 4.69) is 21.2 Å². The van der Waals surface area contributed by atoms with Crippen LogP contribution in [0, 0.1) is 0 Å². The Morgan fingerprint density at radius 1 is 1.19 bits per heavy atom. The van der Waals surface area contributed by atoms with Crippen LogP contribution < -0.4 is 5.32 Å². The number of hydrogen-bond donors (Lipinski definition) is 1. The lowest BCUT2D eigenvalue weighted by Crippen LogP contribution is -2.43. The third-order valence-corrected chi connectivity index (χ3v) is 7.27. The summed E-state index contributed by atoms with van der Waals surface area (Å²) in [4.78, 5) is 12.7. The highest BCUT2D eigenvalue weighted by Crippen LogP contribution is 2.27. The fraction of sp³-hybridized carbons (Fsp3) is 0.350. The highest BCUT2D eigenvalue weighted by molar-refractivity contribution is 9.10. The number of benzene rings is 2. The minimum absolute atomic E-state index is 0.0305. The molecule has 1 unspecified atom stereocenters. The van der Waals surface area contributed by atoms with E-state index in [4.69, 9.17) is 0 Å². The largest absolute Gasteiger partial charge is 0.322 e. The van der Waals surface area contributed by atoms with Gasteiger partial charge in [-0.15, -0.1) is 0 Å². The van der Waals surface area contributed by atoms with Gasteiger partial charge in [-0.25, -0.2) is 8.42 Å². The third kappa shape index (κ3) is 4.59. The van der Waals surface area contributed by atoms with E-state index >= 15 is 0 Å². The Kier molecular flexibility index (Phi) is 6.34. The summed E-state index contributed by atoms with van der Waals surface area (Å²) in [6.45, 7) is 2.55. The summed E-state index contributed by atoms with van der Waals surface area (Å²) >= 11 is 3.37. The molecule has 0 radical (unpaired) electrons. The van der Waals surface area contributed by atoms with Crippen molar-refractivity contribution in [2.45, 2.75) is 43.5 Å². The molecular formula is C20H23BrN2O3S. The van der Waals surface area contributed by atoms with Crippen LogP contribution in [-0.2, 0) is 10.0 Å². The van der Waals surface area contributed by atoms with E-state index in [9.17, 15) is 13.2 Å². The Hall–Kier alpha value is -1.70. The van der Waals surface area contributed by atoms with Crippen LogP contribution >= 0.6 is 15.9 Å². The zero-order valence-corrected chi connectivity index (χ0v) is 17.6. The molecule has 7 heteroatoms. The summed E-state index contributed by atoms with van der Waals surface area (Å²) in [7, 11) is -3.61. The van der Waals surface area contributed by atoms with Crippen molar-refractivity contribution in [1.82, 2.24) is 4.31 Å². The average Bonchev–Trinajstić information content (AvgIpc) is 2.68. The van der Waals surface area contributed by atoms with Crippen molar-refractivity contribution in [3.8, 4) is 0 Å². The number of carbonyl (C=O) groups is 1. The minimum atomic E-state index is -3.61. The molecule has 3 rings (SSSR count). The van der Waals surface area contributed by atoms with Gasteiger partial charge in [-0.1, -0.05) is 41.4 Å². The molecule has 1 atom stereocenters. The molecule has 5 nitrogen and oxygen atoms in total. The summed E-state index contributed by atoms with van der Waals surface area (Å²) in [5.74, 6) is -0.337. The highest BCUT2D eigenvalue weighted by atomic mass is 79.9. The van der Waals surface area contributed by atoms with Crippen LogP contribution in [0.1, 0.15) is 43.0 Å². The summed E-state index contributed by atoms with van der Waals surface area (Å²) in [5.41, 5.74) is 0.964. The van der Waals surface area contributed by atoms with E-state index in [1.54, 1.807) is 34.6 Å². The first-order valence-electron chi connectivity index (χ1n) is 9.10. The molecule has 1 aliphatic heterocycles. The van der Waals surface area contributed by atoms with Crippen molar-refractivity contribution in [1.29, 1.82) is 0 Å². The monoisotopic (exact) mass is 450 g/mol. The van der Waals surface area contributed by atoms with Gasteiger partial charge in [-0.3, -0.25) is 4.79 Å². The van der Waals surface area contributed by atoms with E-state index in [0.29, 0.717) is 17.8 Å². The molecule has 0 aromatic heterocycles. The second kappa shape index (κ2) is 8.54. The average molecular weight is 451 g/mol. The Morgan fingerprint density at radius 3 is 2.70 bits per heavy atom. The van der Waals surface area contributed by atoms with E-state index in [1.807, 2.05) is 19.1 Å². The molecule has 1 N–H and O–H groups in total. The quantitative estimate of drug-likeness (QED) is 0.720. The van der Waals surface area contributed by atoms with Crippen LogP contribution in [0.25, 0.3) is 0 Å². The molecule has 0 spiro atoms. The van der Waals surface area contributed by atoms with E-state index in [-0.39, 0.29) is 16.8 Å². The summed E-state index contributed by atoms with van der Waals surface area (Å²) in [6, 6.07) is 13.6. The predicted octanol–water partition coefficient (Wildman–Crippen LogP) is 4.65. The number of piperidine rings is 1. The van der Waals surface area contributed by atoms with Gasteiger partial charge in [0.25, 0.3) is 5.91 Å². The number of nitrogens with zero attached hydrogens (tertiary/aromatic N) is 1. The number of halogens is 1. The number of amides is 1. The first-order valence-corrected chi connectivity index (χ1v) is 11.3. The van der Waals surface area contributed by atoms with E-state index in [0.717, 1.165) is 30.2 Å². The highest BCUT2D eigenvalue weighted by Gasteiger charge is 2.32. The van der Waals surface area contributed by atoms with Crippen molar-refractivity contribution < 1.29 is 13.2 Å². The number of nitrogens with one attached hydrogen (secondary N) is 1. The topological polar surface area (TPSA) is 66.5 Å². The maximum Gasteiger partial charge on any atom is 0.255 e. The lowest BCUT2D eigenvalue weighted by atomic mass is 10.0. The first kappa shape index (κ1) is 20.0. The number of rotatable bonds is 5. The van der Waals surface area contributed by atoms with Crippen LogP contribution in [0.5, 0.6) is 0 Å². The summed E-state index contributed by atoms with van der Waals surface area (Å²) in [6.07, 6.45) is 3.61. The third-order valence-electron chi connectivity index (χ3n) is 4.83. The first-order chi connectivity index (χ1) is 12.9. The van der Waals surface area contributed by atoms with Crippen LogP contribution in [0.2, 0.25) is 0 Å². The molecule has 1 fully saturated rings. The SMILES string of the molecule is CCC1CCCCN1S(=O)(=O)c1cccc(C(=O)Nc2cccc(Br)c2)c1. The number of carbonyl (C=O) groups excluding carboxylic acids is 1. The fourth-order valence-corrected chi connectivity index (χ4v) is 5.61.